The molecule has 29 heavy (non-hydrogen) atoms. The number of non-ortho nitro benzene ring substituents is 1. The summed E-state index contributed by atoms with van der Waals surface area (Å²) in [5.74, 6) is 0.536. The van der Waals surface area contributed by atoms with Crippen molar-refractivity contribution in [1.29, 1.82) is 0 Å². The Labute approximate surface area is 176 Å². The lowest BCUT2D eigenvalue weighted by Gasteiger charge is -2.23. The average Bonchev–Trinajstić information content (AvgIpc) is 2.66. The number of hydrogen-bond donors (Lipinski definition) is 1. The standard InChI is InChI=1S/C19H29N3O5S2/c1-15-9-10-16(22(24)25)13-18(15)21(29(2,26)27)14-19(23)20-11-6-12-28-17-7-4-3-5-8-17/h9-10,13,17H,3-8,11-12,14H2,1-2H3,(H,20,23). The number of benzene rings is 1. The van der Waals surface area contributed by atoms with Gasteiger partial charge in [0.15, 0.2) is 0 Å². The van der Waals surface area contributed by atoms with E-state index in [1.54, 1.807) is 6.92 Å². The normalized spacial score (nSPS) is 15.1. The summed E-state index contributed by atoms with van der Waals surface area (Å²) in [5.41, 5.74) is 0.460. The first-order chi connectivity index (χ1) is 13.7. The van der Waals surface area contributed by atoms with Crippen molar-refractivity contribution in [1.82, 2.24) is 5.32 Å². The number of carbonyl (C=O) groups is 1. The Morgan fingerprint density at radius 2 is 2.00 bits per heavy atom. The summed E-state index contributed by atoms with van der Waals surface area (Å²) in [5, 5.41) is 14.5. The van der Waals surface area contributed by atoms with Crippen molar-refractivity contribution < 1.29 is 18.1 Å². The number of nitrogens with zero attached hydrogens (tertiary/aromatic N) is 2. The smallest absolute Gasteiger partial charge is 0.271 e. The molecule has 0 saturated heterocycles. The zero-order chi connectivity index (χ0) is 21.4. The number of anilines is 1. The van der Waals surface area contributed by atoms with Crippen molar-refractivity contribution in [3.63, 3.8) is 0 Å². The molecular formula is C19H29N3O5S2. The molecule has 2 rings (SSSR count). The van der Waals surface area contributed by atoms with Crippen LogP contribution in [0.5, 0.6) is 0 Å². The molecule has 1 aromatic rings. The minimum Gasteiger partial charge on any atom is -0.354 e. The van der Waals surface area contributed by atoms with Crippen molar-refractivity contribution in [2.45, 2.75) is 50.7 Å². The van der Waals surface area contributed by atoms with Gasteiger partial charge in [-0.15, -0.1) is 0 Å². The molecular weight excluding hydrogens is 414 g/mol. The molecule has 1 N–H and O–H groups in total. The van der Waals surface area contributed by atoms with Crippen LogP contribution in [0.4, 0.5) is 11.4 Å². The molecule has 0 radical (unpaired) electrons. The van der Waals surface area contributed by atoms with Crippen LogP contribution in [-0.4, -0.2) is 49.6 Å². The van der Waals surface area contributed by atoms with Crippen LogP contribution in [0.1, 0.15) is 44.1 Å². The van der Waals surface area contributed by atoms with Gasteiger partial charge in [-0.2, -0.15) is 11.8 Å². The number of nitro benzene ring substituents is 1. The third kappa shape index (κ3) is 7.50. The van der Waals surface area contributed by atoms with E-state index in [-0.39, 0.29) is 11.4 Å². The number of hydrogen-bond acceptors (Lipinski definition) is 6. The van der Waals surface area contributed by atoms with E-state index in [9.17, 15) is 23.3 Å². The number of thioether (sulfide) groups is 1. The molecule has 1 saturated carbocycles. The fourth-order valence-electron chi connectivity index (χ4n) is 3.33. The Kier molecular flexibility index (Phi) is 8.76. The number of sulfonamides is 1. The van der Waals surface area contributed by atoms with Gasteiger partial charge in [0.25, 0.3) is 5.69 Å². The highest BCUT2D eigenvalue weighted by Gasteiger charge is 2.24. The van der Waals surface area contributed by atoms with Crippen LogP contribution < -0.4 is 9.62 Å². The van der Waals surface area contributed by atoms with Crippen molar-refractivity contribution >= 4 is 39.1 Å². The number of rotatable bonds is 10. The van der Waals surface area contributed by atoms with Gasteiger partial charge < -0.3 is 5.32 Å². The topological polar surface area (TPSA) is 110 Å². The zero-order valence-corrected chi connectivity index (χ0v) is 18.6. The first-order valence-corrected chi connectivity index (χ1v) is 12.7. The molecule has 1 aliphatic carbocycles. The van der Waals surface area contributed by atoms with E-state index >= 15 is 0 Å². The fourth-order valence-corrected chi connectivity index (χ4v) is 5.55. The monoisotopic (exact) mass is 443 g/mol. The Morgan fingerprint density at radius 3 is 2.62 bits per heavy atom. The maximum absolute atomic E-state index is 12.3. The maximum atomic E-state index is 12.3. The summed E-state index contributed by atoms with van der Waals surface area (Å²) in [4.78, 5) is 22.8. The van der Waals surface area contributed by atoms with E-state index in [4.69, 9.17) is 0 Å². The summed E-state index contributed by atoms with van der Waals surface area (Å²) in [6.07, 6.45) is 8.26. The van der Waals surface area contributed by atoms with Crippen LogP contribution in [0.3, 0.4) is 0 Å². The van der Waals surface area contributed by atoms with Crippen LogP contribution >= 0.6 is 11.8 Å². The third-order valence-corrected chi connectivity index (χ3v) is 7.50. The van der Waals surface area contributed by atoms with E-state index in [0.717, 1.165) is 28.0 Å². The summed E-state index contributed by atoms with van der Waals surface area (Å²) in [6.45, 7) is 1.72. The quantitative estimate of drug-likeness (QED) is 0.338. The fraction of sp³-hybridized carbons (Fsp3) is 0.632. The van der Waals surface area contributed by atoms with E-state index in [1.807, 2.05) is 11.8 Å². The van der Waals surface area contributed by atoms with Crippen LogP contribution in [-0.2, 0) is 14.8 Å². The highest BCUT2D eigenvalue weighted by atomic mass is 32.2. The van der Waals surface area contributed by atoms with E-state index < -0.39 is 27.4 Å². The van der Waals surface area contributed by atoms with Gasteiger partial charge in [0.2, 0.25) is 15.9 Å². The van der Waals surface area contributed by atoms with E-state index in [0.29, 0.717) is 12.1 Å². The van der Waals surface area contributed by atoms with Crippen molar-refractivity contribution in [3.05, 3.63) is 33.9 Å². The number of nitro groups is 1. The van der Waals surface area contributed by atoms with Crippen molar-refractivity contribution in [3.8, 4) is 0 Å². The molecule has 0 atom stereocenters. The molecule has 8 nitrogen and oxygen atoms in total. The third-order valence-electron chi connectivity index (χ3n) is 4.91. The molecule has 0 heterocycles. The molecule has 0 aromatic heterocycles. The average molecular weight is 444 g/mol. The Bertz CT molecular complexity index is 823. The Morgan fingerprint density at radius 1 is 1.31 bits per heavy atom. The summed E-state index contributed by atoms with van der Waals surface area (Å²) in [6, 6.07) is 3.97. The lowest BCUT2D eigenvalue weighted by molar-refractivity contribution is -0.384. The molecule has 1 amide bonds. The summed E-state index contributed by atoms with van der Waals surface area (Å²) in [7, 11) is -3.78. The molecule has 1 aliphatic rings. The molecule has 1 aromatic carbocycles. The Hall–Kier alpha value is -1.81. The molecule has 0 spiro atoms. The van der Waals surface area contributed by atoms with Crippen molar-refractivity contribution in [2.75, 3.05) is 29.4 Å². The van der Waals surface area contributed by atoms with E-state index in [1.165, 1.54) is 50.3 Å². The second-order valence-corrected chi connectivity index (χ2v) is 10.6. The molecule has 10 heteroatoms. The largest absolute Gasteiger partial charge is 0.354 e. The van der Waals surface area contributed by atoms with Gasteiger partial charge in [-0.1, -0.05) is 25.3 Å². The number of amides is 1. The minimum atomic E-state index is -3.78. The zero-order valence-electron chi connectivity index (χ0n) is 16.9. The van der Waals surface area contributed by atoms with Crippen molar-refractivity contribution in [2.24, 2.45) is 0 Å². The molecule has 162 valence electrons. The summed E-state index contributed by atoms with van der Waals surface area (Å²) >= 11 is 1.95. The number of nitrogens with one attached hydrogen (secondary N) is 1. The molecule has 0 bridgehead atoms. The Balaban J connectivity index is 1.91. The number of carbonyl (C=O) groups excluding carboxylic acids is 1. The van der Waals surface area contributed by atoms with Gasteiger partial charge in [0.1, 0.15) is 6.54 Å². The second kappa shape index (κ2) is 10.8. The van der Waals surface area contributed by atoms with Gasteiger partial charge in [-0.05, 0) is 37.5 Å². The predicted octanol–water partition coefficient (Wildman–Crippen LogP) is 3.24. The van der Waals surface area contributed by atoms with Gasteiger partial charge in [0.05, 0.1) is 16.9 Å². The van der Waals surface area contributed by atoms with Crippen LogP contribution in [0.15, 0.2) is 18.2 Å². The lowest BCUT2D eigenvalue weighted by Crippen LogP contribution is -2.41. The van der Waals surface area contributed by atoms with Gasteiger partial charge >= 0.3 is 0 Å². The van der Waals surface area contributed by atoms with E-state index in [2.05, 4.69) is 5.32 Å². The first-order valence-electron chi connectivity index (χ1n) is 9.79. The van der Waals surface area contributed by atoms with Gasteiger partial charge in [0, 0.05) is 23.9 Å². The van der Waals surface area contributed by atoms with Crippen LogP contribution in [0.25, 0.3) is 0 Å². The predicted molar refractivity (Wildman–Crippen MR) is 117 cm³/mol. The SMILES string of the molecule is Cc1ccc([N+](=O)[O-])cc1N(CC(=O)NCCCSC1CCCCC1)S(C)(=O)=O. The minimum absolute atomic E-state index is 0.143. The second-order valence-electron chi connectivity index (χ2n) is 7.33. The summed E-state index contributed by atoms with van der Waals surface area (Å²) < 4.78 is 25.4. The highest BCUT2D eigenvalue weighted by molar-refractivity contribution is 7.99. The first kappa shape index (κ1) is 23.5. The van der Waals surface area contributed by atoms with Crippen LogP contribution in [0, 0.1) is 17.0 Å². The number of aryl methyl sites for hydroxylation is 1. The van der Waals surface area contributed by atoms with Crippen LogP contribution in [0.2, 0.25) is 0 Å². The molecule has 0 aliphatic heterocycles. The lowest BCUT2D eigenvalue weighted by atomic mass is 10.0. The van der Waals surface area contributed by atoms with Gasteiger partial charge in [-0.25, -0.2) is 8.42 Å². The molecule has 0 unspecified atom stereocenters. The highest BCUT2D eigenvalue weighted by Crippen LogP contribution is 2.29. The molecule has 1 fully saturated rings. The van der Waals surface area contributed by atoms with Gasteiger partial charge in [-0.3, -0.25) is 19.2 Å². The maximum Gasteiger partial charge on any atom is 0.271 e.